The highest BCUT2D eigenvalue weighted by atomic mass is 16.5. The molecule has 94 valence electrons. The first-order valence-electron chi connectivity index (χ1n) is 6.07. The minimum absolute atomic E-state index is 0.00111. The van der Waals surface area contributed by atoms with Crippen LogP contribution in [0.5, 0.6) is 11.5 Å². The topological polar surface area (TPSA) is 31.6 Å². The second-order valence-electron chi connectivity index (χ2n) is 4.63. The van der Waals surface area contributed by atoms with E-state index in [0.29, 0.717) is 0 Å². The molecule has 3 nitrogen and oxygen atoms in total. The minimum atomic E-state index is 0.00111. The Morgan fingerprint density at radius 2 is 1.94 bits per heavy atom. The third-order valence-corrected chi connectivity index (χ3v) is 3.67. The Balaban J connectivity index is 2.07. The molecule has 1 aromatic heterocycles. The Labute approximate surface area is 106 Å². The molecule has 1 heterocycles. The molecule has 1 aromatic carbocycles. The van der Waals surface area contributed by atoms with Gasteiger partial charge in [-0.15, -0.1) is 0 Å². The Kier molecular flexibility index (Phi) is 2.54. The van der Waals surface area contributed by atoms with Crippen LogP contribution in [0.3, 0.4) is 0 Å². The molecule has 0 atom stereocenters. The van der Waals surface area contributed by atoms with Crippen LogP contribution in [0.4, 0.5) is 0 Å². The van der Waals surface area contributed by atoms with Crippen molar-refractivity contribution in [3.05, 3.63) is 47.9 Å². The van der Waals surface area contributed by atoms with Crippen LogP contribution in [0.1, 0.15) is 24.2 Å². The summed E-state index contributed by atoms with van der Waals surface area (Å²) in [5, 5.41) is 0. The zero-order chi connectivity index (χ0) is 12.6. The van der Waals surface area contributed by atoms with Crippen LogP contribution < -0.4 is 9.47 Å². The van der Waals surface area contributed by atoms with Crippen LogP contribution >= 0.6 is 0 Å². The van der Waals surface area contributed by atoms with Crippen molar-refractivity contribution in [2.24, 2.45) is 0 Å². The van der Waals surface area contributed by atoms with Crippen molar-refractivity contribution in [3.8, 4) is 11.5 Å². The van der Waals surface area contributed by atoms with Gasteiger partial charge in [-0.2, -0.15) is 0 Å². The summed E-state index contributed by atoms with van der Waals surface area (Å²) in [5.41, 5.74) is 1.18. The van der Waals surface area contributed by atoms with Gasteiger partial charge >= 0.3 is 0 Å². The molecule has 3 rings (SSSR count). The quantitative estimate of drug-likeness (QED) is 0.826. The van der Waals surface area contributed by atoms with E-state index in [1.807, 2.05) is 24.3 Å². The lowest BCUT2D eigenvalue weighted by Crippen LogP contribution is -2.09. The fraction of sp³-hybridized carbons (Fsp3) is 0.333. The van der Waals surface area contributed by atoms with Crippen molar-refractivity contribution in [1.82, 2.24) is 0 Å². The summed E-state index contributed by atoms with van der Waals surface area (Å²) in [4.78, 5) is 0. The second-order valence-corrected chi connectivity index (χ2v) is 4.63. The van der Waals surface area contributed by atoms with Crippen molar-refractivity contribution in [3.63, 3.8) is 0 Å². The highest BCUT2D eigenvalue weighted by Gasteiger charge is 2.50. The fourth-order valence-corrected chi connectivity index (χ4v) is 2.52. The normalized spacial score (nSPS) is 16.3. The molecule has 1 aliphatic carbocycles. The maximum absolute atomic E-state index is 5.58. The molecular weight excluding hydrogens is 228 g/mol. The van der Waals surface area contributed by atoms with Crippen molar-refractivity contribution in [1.29, 1.82) is 0 Å². The van der Waals surface area contributed by atoms with Gasteiger partial charge in [0.05, 0.1) is 25.9 Å². The molecule has 0 spiro atoms. The fourth-order valence-electron chi connectivity index (χ4n) is 2.52. The van der Waals surface area contributed by atoms with Crippen molar-refractivity contribution in [2.45, 2.75) is 18.3 Å². The van der Waals surface area contributed by atoms with E-state index in [9.17, 15) is 0 Å². The van der Waals surface area contributed by atoms with Crippen molar-refractivity contribution >= 4 is 0 Å². The van der Waals surface area contributed by atoms with Crippen LogP contribution in [-0.2, 0) is 5.41 Å². The molecule has 2 aromatic rings. The maximum Gasteiger partial charge on any atom is 0.126 e. The number of ether oxygens (including phenoxy) is 2. The Hall–Kier alpha value is -1.90. The number of hydrogen-bond acceptors (Lipinski definition) is 3. The van der Waals surface area contributed by atoms with Crippen molar-refractivity contribution in [2.75, 3.05) is 14.2 Å². The summed E-state index contributed by atoms with van der Waals surface area (Å²) in [6.45, 7) is 0. The third kappa shape index (κ3) is 1.58. The van der Waals surface area contributed by atoms with Gasteiger partial charge in [0.2, 0.25) is 0 Å². The summed E-state index contributed by atoms with van der Waals surface area (Å²) in [5.74, 6) is 2.69. The summed E-state index contributed by atoms with van der Waals surface area (Å²) in [6.07, 6.45) is 3.93. The first kappa shape index (κ1) is 11.2. The van der Waals surface area contributed by atoms with Gasteiger partial charge in [-0.05, 0) is 31.0 Å². The number of benzene rings is 1. The van der Waals surface area contributed by atoms with Gasteiger partial charge in [-0.25, -0.2) is 0 Å². The molecule has 0 radical (unpaired) electrons. The lowest BCUT2D eigenvalue weighted by molar-refractivity contribution is 0.385. The highest BCUT2D eigenvalue weighted by Crippen LogP contribution is 2.56. The monoisotopic (exact) mass is 244 g/mol. The van der Waals surface area contributed by atoms with Gasteiger partial charge in [-0.1, -0.05) is 6.07 Å². The minimum Gasteiger partial charge on any atom is -0.497 e. The summed E-state index contributed by atoms with van der Waals surface area (Å²) >= 11 is 0. The van der Waals surface area contributed by atoms with E-state index in [1.54, 1.807) is 20.5 Å². The van der Waals surface area contributed by atoms with Crippen LogP contribution in [0.25, 0.3) is 0 Å². The average Bonchev–Trinajstić information content (AvgIpc) is 3.04. The Morgan fingerprint density at radius 3 is 2.50 bits per heavy atom. The molecule has 1 aliphatic rings. The van der Waals surface area contributed by atoms with Crippen LogP contribution in [0, 0.1) is 0 Å². The molecule has 18 heavy (non-hydrogen) atoms. The standard InChI is InChI=1S/C15H16O3/c1-16-11-5-6-12(13(10-11)17-2)15(7-8-15)14-4-3-9-18-14/h3-6,9-10H,7-8H2,1-2H3. The SMILES string of the molecule is COc1ccc(C2(c3ccco3)CC2)c(OC)c1. The van der Waals surface area contributed by atoms with E-state index in [4.69, 9.17) is 13.9 Å². The zero-order valence-electron chi connectivity index (χ0n) is 10.6. The summed E-state index contributed by atoms with van der Waals surface area (Å²) in [7, 11) is 3.35. The van der Waals surface area contributed by atoms with Gasteiger partial charge < -0.3 is 13.9 Å². The maximum atomic E-state index is 5.58. The van der Waals surface area contributed by atoms with Gasteiger partial charge in [0.1, 0.15) is 17.3 Å². The van der Waals surface area contributed by atoms with E-state index < -0.39 is 0 Å². The van der Waals surface area contributed by atoms with Crippen LogP contribution in [0.2, 0.25) is 0 Å². The number of methoxy groups -OCH3 is 2. The van der Waals surface area contributed by atoms with Gasteiger partial charge in [0, 0.05) is 11.6 Å². The van der Waals surface area contributed by atoms with Crippen LogP contribution in [0.15, 0.2) is 41.0 Å². The van der Waals surface area contributed by atoms with E-state index >= 15 is 0 Å². The average molecular weight is 244 g/mol. The smallest absolute Gasteiger partial charge is 0.126 e. The second kappa shape index (κ2) is 4.09. The molecule has 0 unspecified atom stereocenters. The predicted molar refractivity (Wildman–Crippen MR) is 68.3 cm³/mol. The van der Waals surface area contributed by atoms with E-state index in [-0.39, 0.29) is 5.41 Å². The van der Waals surface area contributed by atoms with Gasteiger partial charge in [0.25, 0.3) is 0 Å². The highest BCUT2D eigenvalue weighted by molar-refractivity contribution is 5.51. The lowest BCUT2D eigenvalue weighted by atomic mass is 9.92. The molecule has 0 saturated heterocycles. The first-order valence-corrected chi connectivity index (χ1v) is 6.07. The number of furan rings is 1. The van der Waals surface area contributed by atoms with E-state index in [2.05, 4.69) is 6.07 Å². The molecule has 1 saturated carbocycles. The molecule has 0 amide bonds. The molecule has 0 N–H and O–H groups in total. The summed E-state index contributed by atoms with van der Waals surface area (Å²) < 4.78 is 16.3. The number of rotatable bonds is 4. The molecule has 3 heteroatoms. The molecule has 0 bridgehead atoms. The van der Waals surface area contributed by atoms with Gasteiger partial charge in [0.15, 0.2) is 0 Å². The van der Waals surface area contributed by atoms with E-state index in [0.717, 1.165) is 30.1 Å². The third-order valence-electron chi connectivity index (χ3n) is 3.67. The van der Waals surface area contributed by atoms with E-state index in [1.165, 1.54) is 5.56 Å². The molecule has 0 aliphatic heterocycles. The van der Waals surface area contributed by atoms with Gasteiger partial charge in [-0.3, -0.25) is 0 Å². The van der Waals surface area contributed by atoms with Crippen molar-refractivity contribution < 1.29 is 13.9 Å². The largest absolute Gasteiger partial charge is 0.497 e. The number of hydrogen-bond donors (Lipinski definition) is 0. The Morgan fingerprint density at radius 1 is 1.11 bits per heavy atom. The lowest BCUT2D eigenvalue weighted by Gasteiger charge is -2.17. The predicted octanol–water partition coefficient (Wildman–Crippen LogP) is 3.38. The first-order chi connectivity index (χ1) is 8.80. The molecular formula is C15H16O3. The summed E-state index contributed by atoms with van der Waals surface area (Å²) in [6, 6.07) is 9.95. The van der Waals surface area contributed by atoms with Crippen LogP contribution in [-0.4, -0.2) is 14.2 Å². The zero-order valence-corrected chi connectivity index (χ0v) is 10.6. The Bertz CT molecular complexity index is 539. The molecule has 1 fully saturated rings.